The molecule has 3 heterocycles. The summed E-state index contributed by atoms with van der Waals surface area (Å²) in [5.74, 6) is 1.21. The molecule has 2 fully saturated rings. The number of anilines is 1. The van der Waals surface area contributed by atoms with Gasteiger partial charge in [0.2, 0.25) is 5.91 Å². The Balaban J connectivity index is 1.25. The highest BCUT2D eigenvalue weighted by Gasteiger charge is 2.37. The second-order valence-corrected chi connectivity index (χ2v) is 13.1. The van der Waals surface area contributed by atoms with Crippen LogP contribution in [0.15, 0.2) is 48.5 Å². The van der Waals surface area contributed by atoms with Crippen LogP contribution in [0.5, 0.6) is 0 Å². The van der Waals surface area contributed by atoms with E-state index in [2.05, 4.69) is 31.1 Å². The molecule has 3 atom stereocenters. The highest BCUT2D eigenvalue weighted by atomic mass is 19.1. The lowest BCUT2D eigenvalue weighted by Gasteiger charge is -2.43. The summed E-state index contributed by atoms with van der Waals surface area (Å²) in [6, 6.07) is 13.8. The van der Waals surface area contributed by atoms with E-state index in [9.17, 15) is 14.0 Å². The molecule has 2 aliphatic rings. The molecule has 10 nitrogen and oxygen atoms in total. The number of piperidine rings is 2. The first-order valence-corrected chi connectivity index (χ1v) is 15.2. The van der Waals surface area contributed by atoms with Crippen molar-refractivity contribution in [2.45, 2.75) is 52.5 Å². The van der Waals surface area contributed by atoms with E-state index >= 15 is 0 Å². The van der Waals surface area contributed by atoms with Gasteiger partial charge in [0.05, 0.1) is 6.04 Å². The molecule has 0 saturated carbocycles. The topological polar surface area (TPSA) is 108 Å². The molecule has 11 heteroatoms. The predicted molar refractivity (Wildman–Crippen MR) is 164 cm³/mol. The minimum atomic E-state index is -0.491. The molecule has 2 saturated heterocycles. The van der Waals surface area contributed by atoms with Crippen LogP contribution in [-0.4, -0.2) is 80.7 Å². The molecule has 2 aliphatic heterocycles. The number of carbonyl (C=O) groups excluding carboxylic acids is 2. The number of aromatic nitrogens is 4. The minimum Gasteiger partial charge on any atom is -0.340 e. The van der Waals surface area contributed by atoms with Gasteiger partial charge in [0.1, 0.15) is 5.82 Å². The van der Waals surface area contributed by atoms with Crippen LogP contribution in [0.1, 0.15) is 45.6 Å². The Labute approximate surface area is 253 Å². The molecule has 0 aliphatic carbocycles. The zero-order chi connectivity index (χ0) is 30.6. The van der Waals surface area contributed by atoms with Crippen molar-refractivity contribution >= 4 is 17.6 Å². The van der Waals surface area contributed by atoms with Crippen LogP contribution in [-0.2, 0) is 18.3 Å². The average Bonchev–Trinajstić information content (AvgIpc) is 3.40. The summed E-state index contributed by atoms with van der Waals surface area (Å²) >= 11 is 0. The van der Waals surface area contributed by atoms with Crippen molar-refractivity contribution in [1.29, 1.82) is 0 Å². The largest absolute Gasteiger partial charge is 0.340 e. The van der Waals surface area contributed by atoms with Crippen LogP contribution in [0.25, 0.3) is 11.4 Å². The van der Waals surface area contributed by atoms with E-state index in [-0.39, 0.29) is 29.7 Å². The van der Waals surface area contributed by atoms with Gasteiger partial charge in [0.15, 0.2) is 5.82 Å². The Hall–Kier alpha value is -3.86. The molecule has 5 rings (SSSR count). The first-order valence-electron chi connectivity index (χ1n) is 15.2. The van der Waals surface area contributed by atoms with Crippen LogP contribution in [0.4, 0.5) is 14.9 Å². The summed E-state index contributed by atoms with van der Waals surface area (Å²) < 4.78 is 15.0. The SMILES string of the molecule is Cn1nnnc1-c1cccc(NC(=O)N[C@H]2CN(C(=O)C(C)(C)C)CC[C@H]2CN2CCCC(Cc3ccc(F)cc3)C2)c1. The summed E-state index contributed by atoms with van der Waals surface area (Å²) in [5.41, 5.74) is 2.10. The number of tetrazole rings is 1. The van der Waals surface area contributed by atoms with Gasteiger partial charge in [0.25, 0.3) is 0 Å². The van der Waals surface area contributed by atoms with E-state index in [4.69, 9.17) is 0 Å². The fourth-order valence-electron chi connectivity index (χ4n) is 6.36. The number of carbonyl (C=O) groups is 2. The van der Waals surface area contributed by atoms with Gasteiger partial charge in [-0.15, -0.1) is 5.10 Å². The summed E-state index contributed by atoms with van der Waals surface area (Å²) in [5, 5.41) is 17.8. The van der Waals surface area contributed by atoms with E-state index < -0.39 is 5.41 Å². The number of rotatable bonds is 7. The highest BCUT2D eigenvalue weighted by Crippen LogP contribution is 2.28. The zero-order valence-corrected chi connectivity index (χ0v) is 25.6. The van der Waals surface area contributed by atoms with E-state index in [1.54, 1.807) is 11.7 Å². The van der Waals surface area contributed by atoms with Crippen molar-refractivity contribution in [3.63, 3.8) is 0 Å². The fourth-order valence-corrected chi connectivity index (χ4v) is 6.36. The molecule has 0 bridgehead atoms. The second-order valence-electron chi connectivity index (χ2n) is 13.1. The Kier molecular flexibility index (Phi) is 9.39. The summed E-state index contributed by atoms with van der Waals surface area (Å²) in [7, 11) is 1.77. The number of hydrogen-bond donors (Lipinski definition) is 2. The van der Waals surface area contributed by atoms with Gasteiger partial charge in [-0.3, -0.25) is 4.79 Å². The molecule has 1 unspecified atom stereocenters. The van der Waals surface area contributed by atoms with Crippen LogP contribution in [0.2, 0.25) is 0 Å². The normalized spacial score (nSPS) is 21.4. The van der Waals surface area contributed by atoms with Crippen LogP contribution in [0.3, 0.4) is 0 Å². The maximum Gasteiger partial charge on any atom is 0.319 e. The number of amides is 3. The molecule has 2 aromatic carbocycles. The van der Waals surface area contributed by atoms with Crippen molar-refractivity contribution in [3.05, 3.63) is 59.9 Å². The van der Waals surface area contributed by atoms with E-state index in [0.29, 0.717) is 30.5 Å². The van der Waals surface area contributed by atoms with Gasteiger partial charge in [-0.25, -0.2) is 13.9 Å². The average molecular weight is 591 g/mol. The lowest BCUT2D eigenvalue weighted by atomic mass is 9.86. The third-order valence-corrected chi connectivity index (χ3v) is 8.53. The number of nitrogens with one attached hydrogen (secondary N) is 2. The van der Waals surface area contributed by atoms with Crippen molar-refractivity contribution in [3.8, 4) is 11.4 Å². The van der Waals surface area contributed by atoms with Gasteiger partial charge in [-0.2, -0.15) is 0 Å². The smallest absolute Gasteiger partial charge is 0.319 e. The number of halogens is 1. The molecule has 230 valence electrons. The van der Waals surface area contributed by atoms with Crippen LogP contribution >= 0.6 is 0 Å². The first kappa shape index (κ1) is 30.6. The Bertz CT molecular complexity index is 1400. The number of aryl methyl sites for hydroxylation is 1. The fraction of sp³-hybridized carbons (Fsp3) is 0.531. The standard InChI is InChI=1S/C32H43FN8O2/c1-32(2,3)30(42)41-16-14-25(20-40-15-6-7-23(19-40)17-22-10-12-26(33)13-11-22)28(21-41)35-31(43)34-27-9-5-8-24(18-27)29-36-37-38-39(29)4/h5,8-13,18,23,25,28H,6-7,14-17,19-21H2,1-4H3,(H2,34,35,43)/t23?,25-,28-/m0/s1. The molecule has 2 N–H and O–H groups in total. The zero-order valence-electron chi connectivity index (χ0n) is 25.6. The van der Waals surface area contributed by atoms with E-state index in [1.807, 2.05) is 62.1 Å². The number of urea groups is 1. The molecule has 3 aromatic rings. The second kappa shape index (κ2) is 13.2. The van der Waals surface area contributed by atoms with Gasteiger partial charge >= 0.3 is 6.03 Å². The Morgan fingerprint density at radius 3 is 2.56 bits per heavy atom. The van der Waals surface area contributed by atoms with Crippen molar-refractivity contribution in [2.24, 2.45) is 24.3 Å². The number of benzene rings is 2. The molecule has 3 amide bonds. The molecule has 0 spiro atoms. The van der Waals surface area contributed by atoms with Crippen molar-refractivity contribution in [2.75, 3.05) is 38.0 Å². The number of nitrogens with zero attached hydrogens (tertiary/aromatic N) is 6. The molecule has 43 heavy (non-hydrogen) atoms. The first-order chi connectivity index (χ1) is 20.5. The van der Waals surface area contributed by atoms with Gasteiger partial charge in [-0.05, 0) is 84.3 Å². The lowest BCUT2D eigenvalue weighted by Crippen LogP contribution is -2.58. The van der Waals surface area contributed by atoms with Gasteiger partial charge in [-0.1, -0.05) is 45.0 Å². The van der Waals surface area contributed by atoms with Crippen LogP contribution < -0.4 is 10.6 Å². The molecule has 1 aromatic heterocycles. The molecular formula is C32H43FN8O2. The number of hydrogen-bond acceptors (Lipinski definition) is 6. The van der Waals surface area contributed by atoms with Crippen molar-refractivity contribution < 1.29 is 14.0 Å². The van der Waals surface area contributed by atoms with Gasteiger partial charge < -0.3 is 20.4 Å². The summed E-state index contributed by atoms with van der Waals surface area (Å²) in [4.78, 5) is 30.9. The summed E-state index contributed by atoms with van der Waals surface area (Å²) in [6.45, 7) is 9.82. The van der Waals surface area contributed by atoms with Gasteiger partial charge in [0, 0.05) is 49.9 Å². The number of likely N-dealkylation sites (tertiary alicyclic amines) is 2. The van der Waals surface area contributed by atoms with E-state index in [1.165, 1.54) is 12.1 Å². The maximum atomic E-state index is 13.4. The highest BCUT2D eigenvalue weighted by molar-refractivity contribution is 5.90. The Morgan fingerprint density at radius 2 is 1.84 bits per heavy atom. The third-order valence-electron chi connectivity index (χ3n) is 8.53. The molecule has 0 radical (unpaired) electrons. The Morgan fingerprint density at radius 1 is 1.05 bits per heavy atom. The summed E-state index contributed by atoms with van der Waals surface area (Å²) in [6.07, 6.45) is 4.02. The van der Waals surface area contributed by atoms with Crippen LogP contribution in [0, 0.1) is 23.1 Å². The molecular weight excluding hydrogens is 547 g/mol. The predicted octanol–water partition coefficient (Wildman–Crippen LogP) is 4.36. The monoisotopic (exact) mass is 590 g/mol. The maximum absolute atomic E-state index is 13.4. The van der Waals surface area contributed by atoms with E-state index in [0.717, 1.165) is 56.4 Å². The quantitative estimate of drug-likeness (QED) is 0.424. The minimum absolute atomic E-state index is 0.0977. The lowest BCUT2D eigenvalue weighted by molar-refractivity contribution is -0.141. The van der Waals surface area contributed by atoms with Crippen molar-refractivity contribution in [1.82, 2.24) is 35.3 Å². The third kappa shape index (κ3) is 7.95.